The summed E-state index contributed by atoms with van der Waals surface area (Å²) >= 11 is 0. The van der Waals surface area contributed by atoms with E-state index in [4.69, 9.17) is 4.74 Å². The van der Waals surface area contributed by atoms with Crippen LogP contribution in [0.4, 0.5) is 0 Å². The third kappa shape index (κ3) is 1.95. The van der Waals surface area contributed by atoms with Crippen LogP contribution in [0.15, 0.2) is 55.0 Å². The Bertz CT molecular complexity index is 997. The number of fused-ring (bicyclic) bond motifs is 2. The van der Waals surface area contributed by atoms with Crippen LogP contribution in [0.3, 0.4) is 0 Å². The number of imidazole rings is 1. The number of para-hydroxylation sites is 1. The molecule has 4 aromatic rings. The molecule has 0 aliphatic rings. The van der Waals surface area contributed by atoms with Crippen LogP contribution in [-0.2, 0) is 7.05 Å². The number of aromatic nitrogens is 3. The maximum atomic E-state index is 12.4. The first-order valence-corrected chi connectivity index (χ1v) is 6.92. The number of nitrogens with zero attached hydrogens (tertiary/aromatic N) is 2. The average molecular weight is 291 g/mol. The summed E-state index contributed by atoms with van der Waals surface area (Å²) in [7, 11) is 1.92. The Balaban J connectivity index is 1.68. The van der Waals surface area contributed by atoms with Crippen LogP contribution in [0, 0.1) is 0 Å². The van der Waals surface area contributed by atoms with Crippen molar-refractivity contribution in [2.45, 2.75) is 0 Å². The maximum absolute atomic E-state index is 12.4. The van der Waals surface area contributed by atoms with Gasteiger partial charge in [-0.05, 0) is 18.2 Å². The van der Waals surface area contributed by atoms with Gasteiger partial charge in [0.05, 0.1) is 22.9 Å². The Morgan fingerprint density at radius 2 is 2.09 bits per heavy atom. The fourth-order valence-corrected chi connectivity index (χ4v) is 2.58. The summed E-state index contributed by atoms with van der Waals surface area (Å²) in [6, 6.07) is 13.1. The van der Waals surface area contributed by atoms with E-state index < -0.39 is 0 Å². The molecule has 0 atom stereocenters. The molecular weight excluding hydrogens is 278 g/mol. The van der Waals surface area contributed by atoms with Crippen LogP contribution < -0.4 is 4.74 Å². The van der Waals surface area contributed by atoms with E-state index in [-0.39, 0.29) is 5.97 Å². The van der Waals surface area contributed by atoms with Crippen molar-refractivity contribution in [3.63, 3.8) is 0 Å². The zero-order chi connectivity index (χ0) is 15.1. The number of carbonyl (C=O) groups excluding carboxylic acids is 1. The average Bonchev–Trinajstić information content (AvgIpc) is 3.11. The zero-order valence-electron chi connectivity index (χ0n) is 11.9. The molecule has 0 fully saturated rings. The van der Waals surface area contributed by atoms with Crippen LogP contribution >= 0.6 is 0 Å². The number of aromatic amines is 1. The SMILES string of the molecule is Cn1cnc2cc(OC(=O)c3c[nH]c4ccccc34)ccc21. The molecule has 5 nitrogen and oxygen atoms in total. The number of H-pyrrole nitrogens is 1. The van der Waals surface area contributed by atoms with Crippen molar-refractivity contribution in [3.8, 4) is 5.75 Å². The van der Waals surface area contributed by atoms with Crippen LogP contribution in [0.5, 0.6) is 5.75 Å². The van der Waals surface area contributed by atoms with Gasteiger partial charge in [-0.2, -0.15) is 0 Å². The van der Waals surface area contributed by atoms with Gasteiger partial charge < -0.3 is 14.3 Å². The van der Waals surface area contributed by atoms with Crippen LogP contribution in [-0.4, -0.2) is 20.5 Å². The Morgan fingerprint density at radius 1 is 1.23 bits per heavy atom. The number of hydrogen-bond acceptors (Lipinski definition) is 3. The van der Waals surface area contributed by atoms with Crippen molar-refractivity contribution in [1.82, 2.24) is 14.5 Å². The van der Waals surface area contributed by atoms with Gasteiger partial charge in [-0.1, -0.05) is 18.2 Å². The largest absolute Gasteiger partial charge is 0.423 e. The summed E-state index contributed by atoms with van der Waals surface area (Å²) < 4.78 is 7.39. The number of rotatable bonds is 2. The predicted octanol–water partition coefficient (Wildman–Crippen LogP) is 3.27. The molecule has 22 heavy (non-hydrogen) atoms. The number of carbonyl (C=O) groups is 1. The Labute approximate surface area is 126 Å². The topological polar surface area (TPSA) is 59.9 Å². The normalized spacial score (nSPS) is 11.1. The summed E-state index contributed by atoms with van der Waals surface area (Å²) in [6.45, 7) is 0. The van der Waals surface area contributed by atoms with Gasteiger partial charge in [-0.25, -0.2) is 9.78 Å². The first-order chi connectivity index (χ1) is 10.7. The maximum Gasteiger partial charge on any atom is 0.345 e. The third-order valence-electron chi connectivity index (χ3n) is 3.72. The minimum absolute atomic E-state index is 0.382. The summed E-state index contributed by atoms with van der Waals surface area (Å²) in [6.07, 6.45) is 3.40. The minimum atomic E-state index is -0.382. The Kier molecular flexibility index (Phi) is 2.72. The number of hydrogen-bond donors (Lipinski definition) is 1. The Morgan fingerprint density at radius 3 is 3.00 bits per heavy atom. The van der Waals surface area contributed by atoms with E-state index in [0.29, 0.717) is 11.3 Å². The lowest BCUT2D eigenvalue weighted by Gasteiger charge is -2.04. The van der Waals surface area contributed by atoms with E-state index >= 15 is 0 Å². The van der Waals surface area contributed by atoms with Gasteiger partial charge in [-0.3, -0.25) is 0 Å². The van der Waals surface area contributed by atoms with E-state index in [9.17, 15) is 4.79 Å². The summed E-state index contributed by atoms with van der Waals surface area (Å²) in [4.78, 5) is 19.7. The van der Waals surface area contributed by atoms with E-state index in [2.05, 4.69) is 9.97 Å². The fraction of sp³-hybridized carbons (Fsp3) is 0.0588. The second-order valence-corrected chi connectivity index (χ2v) is 5.14. The molecule has 108 valence electrons. The summed E-state index contributed by atoms with van der Waals surface area (Å²) in [5.74, 6) is 0.106. The van der Waals surface area contributed by atoms with Crippen molar-refractivity contribution in [2.24, 2.45) is 7.05 Å². The number of benzene rings is 2. The molecule has 2 aromatic carbocycles. The lowest BCUT2D eigenvalue weighted by Crippen LogP contribution is -2.07. The van der Waals surface area contributed by atoms with Gasteiger partial charge in [0.25, 0.3) is 0 Å². The highest BCUT2D eigenvalue weighted by Crippen LogP contribution is 2.23. The molecule has 0 saturated carbocycles. The van der Waals surface area contributed by atoms with Gasteiger partial charge in [0.15, 0.2) is 0 Å². The Hall–Kier alpha value is -3.08. The van der Waals surface area contributed by atoms with Gasteiger partial charge in [0.2, 0.25) is 0 Å². The first kappa shape index (κ1) is 12.6. The van der Waals surface area contributed by atoms with E-state index in [1.807, 2.05) is 41.9 Å². The van der Waals surface area contributed by atoms with Gasteiger partial charge in [0, 0.05) is 30.2 Å². The van der Waals surface area contributed by atoms with E-state index in [1.54, 1.807) is 24.7 Å². The molecule has 5 heteroatoms. The van der Waals surface area contributed by atoms with E-state index in [0.717, 1.165) is 21.9 Å². The quantitative estimate of drug-likeness (QED) is 0.455. The molecular formula is C17H13N3O2. The van der Waals surface area contributed by atoms with Crippen molar-refractivity contribution in [3.05, 3.63) is 60.6 Å². The molecule has 2 aromatic heterocycles. The monoisotopic (exact) mass is 291 g/mol. The van der Waals surface area contributed by atoms with Gasteiger partial charge in [0.1, 0.15) is 5.75 Å². The van der Waals surface area contributed by atoms with Gasteiger partial charge >= 0.3 is 5.97 Å². The van der Waals surface area contributed by atoms with E-state index in [1.165, 1.54) is 0 Å². The molecule has 0 spiro atoms. The molecule has 2 heterocycles. The van der Waals surface area contributed by atoms with Crippen molar-refractivity contribution in [1.29, 1.82) is 0 Å². The second-order valence-electron chi connectivity index (χ2n) is 5.14. The summed E-state index contributed by atoms with van der Waals surface area (Å²) in [5.41, 5.74) is 3.23. The number of ether oxygens (including phenoxy) is 1. The second kappa shape index (κ2) is 4.73. The molecule has 4 rings (SSSR count). The first-order valence-electron chi connectivity index (χ1n) is 6.92. The molecule has 0 amide bonds. The highest BCUT2D eigenvalue weighted by Gasteiger charge is 2.14. The zero-order valence-corrected chi connectivity index (χ0v) is 11.9. The lowest BCUT2D eigenvalue weighted by molar-refractivity contribution is 0.0737. The highest BCUT2D eigenvalue weighted by atomic mass is 16.5. The third-order valence-corrected chi connectivity index (χ3v) is 3.72. The molecule has 0 unspecified atom stereocenters. The minimum Gasteiger partial charge on any atom is -0.423 e. The van der Waals surface area contributed by atoms with Crippen molar-refractivity contribution >= 4 is 27.9 Å². The molecule has 0 saturated heterocycles. The standard InChI is InChI=1S/C17H13N3O2/c1-20-10-19-15-8-11(6-7-16(15)20)22-17(21)13-9-18-14-5-3-2-4-12(13)14/h2-10,18H,1H3. The number of esters is 1. The summed E-state index contributed by atoms with van der Waals surface area (Å²) in [5, 5.41) is 0.853. The van der Waals surface area contributed by atoms with Crippen LogP contribution in [0.25, 0.3) is 21.9 Å². The lowest BCUT2D eigenvalue weighted by atomic mass is 10.2. The molecule has 0 radical (unpaired) electrons. The smallest absolute Gasteiger partial charge is 0.345 e. The molecule has 1 N–H and O–H groups in total. The van der Waals surface area contributed by atoms with Crippen LogP contribution in [0.2, 0.25) is 0 Å². The van der Waals surface area contributed by atoms with Gasteiger partial charge in [-0.15, -0.1) is 0 Å². The molecule has 0 aliphatic carbocycles. The highest BCUT2D eigenvalue weighted by molar-refractivity contribution is 6.04. The van der Waals surface area contributed by atoms with Crippen molar-refractivity contribution < 1.29 is 9.53 Å². The van der Waals surface area contributed by atoms with Crippen molar-refractivity contribution in [2.75, 3.05) is 0 Å². The molecule has 0 aliphatic heterocycles. The fourth-order valence-electron chi connectivity index (χ4n) is 2.58. The predicted molar refractivity (Wildman–Crippen MR) is 84.0 cm³/mol. The van der Waals surface area contributed by atoms with Crippen LogP contribution in [0.1, 0.15) is 10.4 Å². The molecule has 0 bridgehead atoms. The number of aryl methyl sites for hydroxylation is 1. The number of nitrogens with one attached hydrogen (secondary N) is 1.